The molecule has 1 aromatic heterocycles. The zero-order chi connectivity index (χ0) is 14.9. The Morgan fingerprint density at radius 2 is 1.95 bits per heavy atom. The van der Waals surface area contributed by atoms with Gasteiger partial charge < -0.3 is 10.1 Å². The standard InChI is InChI=1S/C17H20N2O2/c1-21-17-12-11-15(13-18-17)19-16(20)10-6-5-9-14-7-3-2-4-8-14/h2-4,7-8,11-13H,5-6,9-10H2,1H3,(H,19,20). The van der Waals surface area contributed by atoms with Crippen LogP contribution in [0, 0.1) is 0 Å². The zero-order valence-electron chi connectivity index (χ0n) is 12.2. The second kappa shape index (κ2) is 8.04. The summed E-state index contributed by atoms with van der Waals surface area (Å²) in [5.41, 5.74) is 2.01. The van der Waals surface area contributed by atoms with Crippen LogP contribution in [0.3, 0.4) is 0 Å². The molecule has 0 aliphatic carbocycles. The normalized spacial score (nSPS) is 10.1. The summed E-state index contributed by atoms with van der Waals surface area (Å²) in [4.78, 5) is 15.9. The molecule has 1 N–H and O–H groups in total. The molecule has 4 heteroatoms. The van der Waals surface area contributed by atoms with Crippen LogP contribution in [-0.4, -0.2) is 18.0 Å². The summed E-state index contributed by atoms with van der Waals surface area (Å²) in [6, 6.07) is 13.8. The Hall–Kier alpha value is -2.36. The van der Waals surface area contributed by atoms with Gasteiger partial charge in [0.25, 0.3) is 0 Å². The maximum Gasteiger partial charge on any atom is 0.224 e. The van der Waals surface area contributed by atoms with E-state index in [2.05, 4.69) is 22.4 Å². The molecule has 4 nitrogen and oxygen atoms in total. The Labute approximate surface area is 125 Å². The second-order valence-corrected chi connectivity index (χ2v) is 4.83. The van der Waals surface area contributed by atoms with Crippen molar-refractivity contribution in [3.63, 3.8) is 0 Å². The number of carbonyl (C=O) groups is 1. The van der Waals surface area contributed by atoms with E-state index in [4.69, 9.17) is 4.74 Å². The minimum atomic E-state index is 0.0232. The molecule has 0 unspecified atom stereocenters. The lowest BCUT2D eigenvalue weighted by Crippen LogP contribution is -2.11. The number of ether oxygens (including phenoxy) is 1. The summed E-state index contributed by atoms with van der Waals surface area (Å²) in [6.07, 6.45) is 5.03. The van der Waals surface area contributed by atoms with Crippen molar-refractivity contribution in [2.75, 3.05) is 12.4 Å². The number of pyridine rings is 1. The van der Waals surface area contributed by atoms with Crippen LogP contribution in [0.2, 0.25) is 0 Å². The highest BCUT2D eigenvalue weighted by Crippen LogP contribution is 2.12. The van der Waals surface area contributed by atoms with Gasteiger partial charge in [-0.25, -0.2) is 4.98 Å². The van der Waals surface area contributed by atoms with Crippen LogP contribution < -0.4 is 10.1 Å². The topological polar surface area (TPSA) is 51.2 Å². The highest BCUT2D eigenvalue weighted by Gasteiger charge is 2.03. The number of unbranched alkanes of at least 4 members (excludes halogenated alkanes) is 1. The number of nitrogens with zero attached hydrogens (tertiary/aromatic N) is 1. The highest BCUT2D eigenvalue weighted by molar-refractivity contribution is 5.90. The lowest BCUT2D eigenvalue weighted by atomic mass is 10.1. The SMILES string of the molecule is COc1ccc(NC(=O)CCCCc2ccccc2)cn1. The number of amides is 1. The van der Waals surface area contributed by atoms with Gasteiger partial charge in [0.05, 0.1) is 19.0 Å². The van der Waals surface area contributed by atoms with Crippen molar-refractivity contribution in [1.29, 1.82) is 0 Å². The van der Waals surface area contributed by atoms with Gasteiger partial charge in [0, 0.05) is 12.5 Å². The van der Waals surface area contributed by atoms with Gasteiger partial charge in [-0.1, -0.05) is 30.3 Å². The van der Waals surface area contributed by atoms with E-state index in [1.807, 2.05) is 18.2 Å². The van der Waals surface area contributed by atoms with E-state index in [1.54, 1.807) is 25.4 Å². The Kier molecular flexibility index (Phi) is 5.76. The van der Waals surface area contributed by atoms with Gasteiger partial charge in [-0.15, -0.1) is 0 Å². The molecule has 2 rings (SSSR count). The molecule has 0 atom stereocenters. The molecule has 0 saturated carbocycles. The van der Waals surface area contributed by atoms with Crippen LogP contribution in [0.5, 0.6) is 5.88 Å². The molecule has 1 amide bonds. The van der Waals surface area contributed by atoms with Crippen LogP contribution in [0.15, 0.2) is 48.7 Å². The van der Waals surface area contributed by atoms with Gasteiger partial charge >= 0.3 is 0 Å². The van der Waals surface area contributed by atoms with E-state index in [9.17, 15) is 4.79 Å². The molecule has 110 valence electrons. The maximum atomic E-state index is 11.8. The number of anilines is 1. The summed E-state index contributed by atoms with van der Waals surface area (Å²) >= 11 is 0. The van der Waals surface area contributed by atoms with Gasteiger partial charge in [-0.2, -0.15) is 0 Å². The number of benzene rings is 1. The van der Waals surface area contributed by atoms with Crippen LogP contribution in [0.1, 0.15) is 24.8 Å². The lowest BCUT2D eigenvalue weighted by Gasteiger charge is -2.06. The molecule has 0 saturated heterocycles. The van der Waals surface area contributed by atoms with Crippen molar-refractivity contribution >= 4 is 11.6 Å². The Morgan fingerprint density at radius 3 is 2.62 bits per heavy atom. The number of carbonyl (C=O) groups excluding carboxylic acids is 1. The molecular formula is C17H20N2O2. The van der Waals surface area contributed by atoms with Crippen molar-refractivity contribution in [2.45, 2.75) is 25.7 Å². The summed E-state index contributed by atoms with van der Waals surface area (Å²) in [6.45, 7) is 0. The largest absolute Gasteiger partial charge is 0.481 e. The number of aryl methyl sites for hydroxylation is 1. The summed E-state index contributed by atoms with van der Waals surface area (Å²) < 4.78 is 4.97. The summed E-state index contributed by atoms with van der Waals surface area (Å²) in [5, 5.41) is 2.83. The third kappa shape index (κ3) is 5.26. The van der Waals surface area contributed by atoms with Gasteiger partial charge in [0.2, 0.25) is 11.8 Å². The molecule has 21 heavy (non-hydrogen) atoms. The van der Waals surface area contributed by atoms with Gasteiger partial charge in [-0.3, -0.25) is 4.79 Å². The first-order valence-electron chi connectivity index (χ1n) is 7.12. The molecule has 1 aromatic carbocycles. The fraction of sp³-hybridized carbons (Fsp3) is 0.294. The summed E-state index contributed by atoms with van der Waals surface area (Å²) in [7, 11) is 1.56. The smallest absolute Gasteiger partial charge is 0.224 e. The number of methoxy groups -OCH3 is 1. The first-order chi connectivity index (χ1) is 10.3. The molecule has 0 bridgehead atoms. The Morgan fingerprint density at radius 1 is 1.14 bits per heavy atom. The predicted octanol–water partition coefficient (Wildman–Crippen LogP) is 3.44. The van der Waals surface area contributed by atoms with E-state index in [0.29, 0.717) is 18.0 Å². The van der Waals surface area contributed by atoms with E-state index in [-0.39, 0.29) is 5.91 Å². The molecule has 0 aliphatic rings. The maximum absolute atomic E-state index is 11.8. The van der Waals surface area contributed by atoms with Crippen LogP contribution >= 0.6 is 0 Å². The third-order valence-corrected chi connectivity index (χ3v) is 3.19. The average Bonchev–Trinajstić information content (AvgIpc) is 2.53. The van der Waals surface area contributed by atoms with Crippen molar-refractivity contribution in [2.24, 2.45) is 0 Å². The predicted molar refractivity (Wildman–Crippen MR) is 83.4 cm³/mol. The van der Waals surface area contributed by atoms with Gasteiger partial charge in [0.15, 0.2) is 0 Å². The Balaban J connectivity index is 1.67. The van der Waals surface area contributed by atoms with Crippen molar-refractivity contribution in [3.05, 3.63) is 54.2 Å². The van der Waals surface area contributed by atoms with Crippen molar-refractivity contribution in [1.82, 2.24) is 4.98 Å². The third-order valence-electron chi connectivity index (χ3n) is 3.19. The first-order valence-corrected chi connectivity index (χ1v) is 7.12. The number of hydrogen-bond acceptors (Lipinski definition) is 3. The van der Waals surface area contributed by atoms with E-state index < -0.39 is 0 Å². The van der Waals surface area contributed by atoms with Crippen LogP contribution in [-0.2, 0) is 11.2 Å². The van der Waals surface area contributed by atoms with Crippen LogP contribution in [0.25, 0.3) is 0 Å². The van der Waals surface area contributed by atoms with Crippen molar-refractivity contribution < 1.29 is 9.53 Å². The second-order valence-electron chi connectivity index (χ2n) is 4.83. The minimum Gasteiger partial charge on any atom is -0.481 e. The summed E-state index contributed by atoms with van der Waals surface area (Å²) in [5.74, 6) is 0.561. The molecule has 0 radical (unpaired) electrons. The minimum absolute atomic E-state index is 0.0232. The lowest BCUT2D eigenvalue weighted by molar-refractivity contribution is -0.116. The molecule has 0 aliphatic heterocycles. The van der Waals surface area contributed by atoms with E-state index >= 15 is 0 Å². The zero-order valence-corrected chi connectivity index (χ0v) is 12.2. The fourth-order valence-electron chi connectivity index (χ4n) is 2.06. The molecule has 2 aromatic rings. The van der Waals surface area contributed by atoms with E-state index in [1.165, 1.54) is 5.56 Å². The number of hydrogen-bond donors (Lipinski definition) is 1. The van der Waals surface area contributed by atoms with Gasteiger partial charge in [-0.05, 0) is 30.9 Å². The fourth-order valence-corrected chi connectivity index (χ4v) is 2.06. The number of rotatable bonds is 7. The molecule has 0 spiro atoms. The van der Waals surface area contributed by atoms with Gasteiger partial charge in [0.1, 0.15) is 0 Å². The highest BCUT2D eigenvalue weighted by atomic mass is 16.5. The molecule has 0 fully saturated rings. The van der Waals surface area contributed by atoms with E-state index in [0.717, 1.165) is 19.3 Å². The quantitative estimate of drug-likeness (QED) is 0.792. The number of aromatic nitrogens is 1. The van der Waals surface area contributed by atoms with Crippen LogP contribution in [0.4, 0.5) is 5.69 Å². The average molecular weight is 284 g/mol. The first kappa shape index (κ1) is 15.0. The number of nitrogens with one attached hydrogen (secondary N) is 1. The monoisotopic (exact) mass is 284 g/mol. The molecular weight excluding hydrogens is 264 g/mol. The van der Waals surface area contributed by atoms with Crippen molar-refractivity contribution in [3.8, 4) is 5.88 Å². The Bertz CT molecular complexity index is 553. The molecule has 1 heterocycles.